The summed E-state index contributed by atoms with van der Waals surface area (Å²) in [6, 6.07) is 4.74. The Labute approximate surface area is 120 Å². The van der Waals surface area contributed by atoms with Crippen molar-refractivity contribution >= 4 is 15.7 Å². The van der Waals surface area contributed by atoms with E-state index in [9.17, 15) is 8.42 Å². The largest absolute Gasteiger partial charge is 0.489 e. The van der Waals surface area contributed by atoms with Crippen LogP contribution in [0.25, 0.3) is 0 Å². The molecule has 1 aliphatic rings. The first-order chi connectivity index (χ1) is 9.42. The van der Waals surface area contributed by atoms with Gasteiger partial charge in [-0.1, -0.05) is 6.92 Å². The molecule has 0 unspecified atom stereocenters. The van der Waals surface area contributed by atoms with E-state index in [1.54, 1.807) is 12.1 Å². The average molecular weight is 298 g/mol. The zero-order valence-corrected chi connectivity index (χ0v) is 12.7. The van der Waals surface area contributed by atoms with Gasteiger partial charge in [-0.05, 0) is 56.8 Å². The molecule has 0 heterocycles. The minimum absolute atomic E-state index is 0.0839. The molecule has 112 valence electrons. The average Bonchev–Trinajstić information content (AvgIpc) is 2.43. The van der Waals surface area contributed by atoms with Crippen LogP contribution in [0.15, 0.2) is 23.1 Å². The highest BCUT2D eigenvalue weighted by molar-refractivity contribution is 7.89. The van der Waals surface area contributed by atoms with Crippen molar-refractivity contribution in [3.63, 3.8) is 0 Å². The van der Waals surface area contributed by atoms with Gasteiger partial charge < -0.3 is 10.5 Å². The van der Waals surface area contributed by atoms with Crippen LogP contribution >= 0.6 is 0 Å². The Kier molecular flexibility index (Phi) is 4.55. The lowest BCUT2D eigenvalue weighted by Crippen LogP contribution is -2.25. The van der Waals surface area contributed by atoms with E-state index in [2.05, 4.69) is 11.6 Å². The third-order valence-corrected chi connectivity index (χ3v) is 5.22. The predicted molar refractivity (Wildman–Crippen MR) is 79.1 cm³/mol. The first-order valence-electron chi connectivity index (χ1n) is 6.92. The number of rotatable bonds is 4. The number of nitrogens with two attached hydrogens (primary N) is 1. The van der Waals surface area contributed by atoms with Gasteiger partial charge in [-0.2, -0.15) is 0 Å². The standard InChI is InChI=1S/C14H22N2O3S/c1-10-3-6-12(7-4-10)19-13-8-5-11(15)9-14(13)20(17,18)16-2/h5,8-10,12,16H,3-4,6-7,15H2,1-2H3. The lowest BCUT2D eigenvalue weighted by Gasteiger charge is -2.27. The number of hydrogen-bond donors (Lipinski definition) is 2. The van der Waals surface area contributed by atoms with Gasteiger partial charge in [0.05, 0.1) is 6.10 Å². The summed E-state index contributed by atoms with van der Waals surface area (Å²) >= 11 is 0. The summed E-state index contributed by atoms with van der Waals surface area (Å²) in [7, 11) is -2.19. The second-order valence-corrected chi connectivity index (χ2v) is 7.27. The van der Waals surface area contributed by atoms with Crippen molar-refractivity contribution in [1.29, 1.82) is 0 Å². The van der Waals surface area contributed by atoms with Gasteiger partial charge in [-0.3, -0.25) is 0 Å². The Morgan fingerprint density at radius 3 is 2.50 bits per heavy atom. The molecule has 0 saturated heterocycles. The normalized spacial score (nSPS) is 23.5. The summed E-state index contributed by atoms with van der Waals surface area (Å²) in [6.45, 7) is 2.23. The number of hydrogen-bond acceptors (Lipinski definition) is 4. The summed E-state index contributed by atoms with van der Waals surface area (Å²) in [5.41, 5.74) is 6.09. The van der Waals surface area contributed by atoms with Gasteiger partial charge in [0.1, 0.15) is 10.6 Å². The smallest absolute Gasteiger partial charge is 0.244 e. The molecule has 0 amide bonds. The molecular formula is C14H22N2O3S. The number of anilines is 1. The summed E-state index contributed by atoms with van der Waals surface area (Å²) in [4.78, 5) is 0.110. The van der Waals surface area contributed by atoms with Gasteiger partial charge in [0.2, 0.25) is 10.0 Å². The maximum atomic E-state index is 12.0. The van der Waals surface area contributed by atoms with Crippen LogP contribution in [-0.4, -0.2) is 21.6 Å². The summed E-state index contributed by atoms with van der Waals surface area (Å²) in [6.07, 6.45) is 4.25. The third kappa shape index (κ3) is 3.43. The second-order valence-electron chi connectivity index (χ2n) is 5.41. The Morgan fingerprint density at radius 2 is 1.90 bits per heavy atom. The van der Waals surface area contributed by atoms with Crippen molar-refractivity contribution in [3.05, 3.63) is 18.2 Å². The molecule has 6 heteroatoms. The van der Waals surface area contributed by atoms with Crippen LogP contribution in [0.5, 0.6) is 5.75 Å². The molecular weight excluding hydrogens is 276 g/mol. The molecule has 1 aromatic rings. The van der Waals surface area contributed by atoms with E-state index in [1.807, 2.05) is 0 Å². The van der Waals surface area contributed by atoms with Gasteiger partial charge >= 0.3 is 0 Å². The maximum Gasteiger partial charge on any atom is 0.244 e. The number of ether oxygens (including phenoxy) is 1. The fourth-order valence-electron chi connectivity index (χ4n) is 2.47. The Morgan fingerprint density at radius 1 is 1.25 bits per heavy atom. The van der Waals surface area contributed by atoms with Crippen LogP contribution in [0.4, 0.5) is 5.69 Å². The van der Waals surface area contributed by atoms with Crippen molar-refractivity contribution in [2.75, 3.05) is 12.8 Å². The molecule has 3 N–H and O–H groups in total. The SMILES string of the molecule is CNS(=O)(=O)c1cc(N)ccc1OC1CCC(C)CC1. The van der Waals surface area contributed by atoms with Crippen LogP contribution < -0.4 is 15.2 Å². The van der Waals surface area contributed by atoms with Crippen LogP contribution in [-0.2, 0) is 10.0 Å². The highest BCUT2D eigenvalue weighted by atomic mass is 32.2. The number of nitrogens with one attached hydrogen (secondary N) is 1. The van der Waals surface area contributed by atoms with Gasteiger partial charge in [0, 0.05) is 5.69 Å². The van der Waals surface area contributed by atoms with Crippen LogP contribution in [0.3, 0.4) is 0 Å². The minimum Gasteiger partial charge on any atom is -0.489 e. The van der Waals surface area contributed by atoms with Crippen molar-refractivity contribution in [2.45, 2.75) is 43.6 Å². The van der Waals surface area contributed by atoms with Gasteiger partial charge in [-0.15, -0.1) is 0 Å². The number of nitrogen functional groups attached to an aromatic ring is 1. The summed E-state index contributed by atoms with van der Waals surface area (Å²) in [5, 5.41) is 0. The molecule has 0 atom stereocenters. The Bertz CT molecular complexity index is 564. The van der Waals surface area contributed by atoms with Gasteiger partial charge in [0.15, 0.2) is 0 Å². The molecule has 1 fully saturated rings. The Hall–Kier alpha value is -1.27. The number of benzene rings is 1. The molecule has 0 radical (unpaired) electrons. The molecule has 2 rings (SSSR count). The van der Waals surface area contributed by atoms with Crippen LogP contribution in [0, 0.1) is 5.92 Å². The van der Waals surface area contributed by atoms with Crippen molar-refractivity contribution < 1.29 is 13.2 Å². The monoisotopic (exact) mass is 298 g/mol. The highest BCUT2D eigenvalue weighted by Gasteiger charge is 2.23. The number of sulfonamides is 1. The van der Waals surface area contributed by atoms with E-state index in [-0.39, 0.29) is 11.0 Å². The van der Waals surface area contributed by atoms with Crippen molar-refractivity contribution in [2.24, 2.45) is 5.92 Å². The quantitative estimate of drug-likeness (QED) is 0.834. The topological polar surface area (TPSA) is 81.4 Å². The zero-order valence-electron chi connectivity index (χ0n) is 11.9. The van der Waals surface area contributed by atoms with E-state index >= 15 is 0 Å². The van der Waals surface area contributed by atoms with E-state index < -0.39 is 10.0 Å². The van der Waals surface area contributed by atoms with Crippen LogP contribution in [0.1, 0.15) is 32.6 Å². The molecule has 0 aromatic heterocycles. The molecule has 20 heavy (non-hydrogen) atoms. The zero-order chi connectivity index (χ0) is 14.8. The predicted octanol–water partition coefficient (Wildman–Crippen LogP) is 2.13. The second kappa shape index (κ2) is 6.01. The maximum absolute atomic E-state index is 12.0. The van der Waals surface area contributed by atoms with E-state index in [0.29, 0.717) is 11.4 Å². The van der Waals surface area contributed by atoms with Gasteiger partial charge in [0.25, 0.3) is 0 Å². The molecule has 0 aliphatic heterocycles. The van der Waals surface area contributed by atoms with E-state index in [4.69, 9.17) is 10.5 Å². The van der Waals surface area contributed by atoms with E-state index in [0.717, 1.165) is 31.6 Å². The molecule has 5 nitrogen and oxygen atoms in total. The fourth-order valence-corrected chi connectivity index (χ4v) is 3.36. The third-order valence-electron chi connectivity index (χ3n) is 3.78. The highest BCUT2D eigenvalue weighted by Crippen LogP contribution is 2.31. The molecule has 1 aliphatic carbocycles. The van der Waals surface area contributed by atoms with E-state index in [1.165, 1.54) is 13.1 Å². The van der Waals surface area contributed by atoms with Gasteiger partial charge in [-0.25, -0.2) is 13.1 Å². The minimum atomic E-state index is -3.57. The Balaban J connectivity index is 2.23. The van der Waals surface area contributed by atoms with Crippen molar-refractivity contribution in [3.8, 4) is 5.75 Å². The van der Waals surface area contributed by atoms with Crippen molar-refractivity contribution in [1.82, 2.24) is 4.72 Å². The summed E-state index contributed by atoms with van der Waals surface area (Å²) in [5.74, 6) is 1.11. The molecule has 0 bridgehead atoms. The summed E-state index contributed by atoms with van der Waals surface area (Å²) < 4.78 is 32.3. The molecule has 0 spiro atoms. The van der Waals surface area contributed by atoms with Crippen LogP contribution in [0.2, 0.25) is 0 Å². The lowest BCUT2D eigenvalue weighted by molar-refractivity contribution is 0.132. The first kappa shape index (κ1) is 15.1. The fraction of sp³-hybridized carbons (Fsp3) is 0.571. The first-order valence-corrected chi connectivity index (χ1v) is 8.40. The molecule has 1 saturated carbocycles. The lowest BCUT2D eigenvalue weighted by atomic mass is 9.89. The molecule has 1 aromatic carbocycles.